The van der Waals surface area contributed by atoms with Crippen LogP contribution in [0.2, 0.25) is 0 Å². The molecule has 0 spiro atoms. The third kappa shape index (κ3) is 9.54. The predicted octanol–water partition coefficient (Wildman–Crippen LogP) is 3.71. The van der Waals surface area contributed by atoms with Gasteiger partial charge < -0.3 is 0 Å². The second kappa shape index (κ2) is 10.5. The predicted molar refractivity (Wildman–Crippen MR) is 53.9 cm³/mol. The molecule has 0 aliphatic rings. The highest BCUT2D eigenvalue weighted by Gasteiger charge is 1.88. The van der Waals surface area contributed by atoms with Crippen LogP contribution >= 0.6 is 0 Å². The summed E-state index contributed by atoms with van der Waals surface area (Å²) in [6, 6.07) is 0. The lowest BCUT2D eigenvalue weighted by Gasteiger charge is -1.98. The monoisotopic (exact) mass is 167 g/mol. The van der Waals surface area contributed by atoms with Gasteiger partial charge in [-0.1, -0.05) is 51.5 Å². The third-order valence-electron chi connectivity index (χ3n) is 2.08. The molecule has 1 heteroatoms. The van der Waals surface area contributed by atoms with Gasteiger partial charge in [-0.3, -0.25) is 0 Å². The van der Waals surface area contributed by atoms with Crippen molar-refractivity contribution in [2.75, 3.05) is 0 Å². The molecule has 0 aliphatic heterocycles. The summed E-state index contributed by atoms with van der Waals surface area (Å²) in [5.41, 5.74) is 8.36. The molecule has 0 fully saturated rings. The molecule has 0 aromatic carbocycles. The van der Waals surface area contributed by atoms with E-state index in [1.807, 2.05) is 6.08 Å². The van der Waals surface area contributed by atoms with Crippen LogP contribution in [0.25, 0.3) is 0 Å². The first-order valence-corrected chi connectivity index (χ1v) is 5.21. The van der Waals surface area contributed by atoms with Crippen molar-refractivity contribution in [3.8, 4) is 0 Å². The van der Waals surface area contributed by atoms with E-state index in [9.17, 15) is 0 Å². The molecule has 12 heavy (non-hydrogen) atoms. The van der Waals surface area contributed by atoms with E-state index in [0.717, 1.165) is 12.6 Å². The van der Waals surface area contributed by atoms with Crippen LogP contribution in [-0.2, 0) is 0 Å². The van der Waals surface area contributed by atoms with Gasteiger partial charge in [0.15, 0.2) is 0 Å². The Balaban J connectivity index is 2.81. The van der Waals surface area contributed by atoms with Crippen molar-refractivity contribution >= 4 is 0 Å². The molecule has 0 aliphatic carbocycles. The zero-order valence-corrected chi connectivity index (χ0v) is 8.26. The van der Waals surface area contributed by atoms with Crippen LogP contribution < -0.4 is 5.73 Å². The maximum Gasteiger partial charge on any atom is 0.0455 e. The average molecular weight is 167 g/mol. The van der Waals surface area contributed by atoms with E-state index in [1.165, 1.54) is 44.9 Å². The van der Waals surface area contributed by atoms with Gasteiger partial charge in [0.2, 0.25) is 0 Å². The number of unbranched alkanes of at least 4 members (excludes halogenated alkanes) is 7. The molecule has 0 aromatic heterocycles. The molecule has 70 valence electrons. The van der Waals surface area contributed by atoms with E-state index >= 15 is 0 Å². The number of hydrogen-bond donors (Lipinski definition) is 0. The molecule has 0 N–H and O–H groups in total. The summed E-state index contributed by atoms with van der Waals surface area (Å²) in [5.74, 6) is 0. The summed E-state index contributed by atoms with van der Waals surface area (Å²) in [6.07, 6.45) is 13.4. The summed E-state index contributed by atoms with van der Waals surface area (Å²) in [6.45, 7) is 2.24. The Hall–Kier alpha value is -0.460. The standard InChI is InChI=1S/C11H21N/c1-2-3-4-5-6-7-8-9-10-11-12/h10-11H,2-9H2,1H3/b11-10+. The van der Waals surface area contributed by atoms with E-state index in [0.29, 0.717) is 0 Å². The Morgan fingerprint density at radius 1 is 0.917 bits per heavy atom. The fourth-order valence-electron chi connectivity index (χ4n) is 1.29. The zero-order valence-electron chi connectivity index (χ0n) is 8.26. The molecule has 0 saturated carbocycles. The maximum absolute atomic E-state index is 8.36. The van der Waals surface area contributed by atoms with Gasteiger partial charge in [-0.25, -0.2) is 0 Å². The average Bonchev–Trinajstić information content (AvgIpc) is 2.10. The second-order valence-electron chi connectivity index (χ2n) is 3.29. The number of hydrogen-bond acceptors (Lipinski definition) is 0. The van der Waals surface area contributed by atoms with Gasteiger partial charge in [-0.05, 0) is 12.8 Å². The lowest BCUT2D eigenvalue weighted by atomic mass is 10.1. The van der Waals surface area contributed by atoms with Crippen LogP contribution in [0.1, 0.15) is 58.3 Å². The number of allylic oxidation sites excluding steroid dienone is 1. The molecule has 0 bridgehead atoms. The van der Waals surface area contributed by atoms with Gasteiger partial charge >= 0.3 is 0 Å². The Bertz CT molecular complexity index is 97.2. The minimum Gasteiger partial charge on any atom is -0.160 e. The van der Waals surface area contributed by atoms with Crippen molar-refractivity contribution in [3.63, 3.8) is 0 Å². The Kier molecular flexibility index (Phi) is 10.1. The van der Waals surface area contributed by atoms with Crippen molar-refractivity contribution in [1.82, 2.24) is 5.73 Å². The van der Waals surface area contributed by atoms with E-state index in [2.05, 4.69) is 6.92 Å². The summed E-state index contributed by atoms with van der Waals surface area (Å²) in [5, 5.41) is 0. The summed E-state index contributed by atoms with van der Waals surface area (Å²) in [7, 11) is 0. The first kappa shape index (κ1) is 11.5. The van der Waals surface area contributed by atoms with Crippen LogP contribution in [0.5, 0.6) is 0 Å². The van der Waals surface area contributed by atoms with Crippen molar-refractivity contribution in [2.45, 2.75) is 58.3 Å². The topological polar surface area (TPSA) is 22.3 Å². The van der Waals surface area contributed by atoms with Gasteiger partial charge in [-0.2, -0.15) is 5.73 Å². The normalized spacial score (nSPS) is 11.1. The molecule has 2 radical (unpaired) electrons. The summed E-state index contributed by atoms with van der Waals surface area (Å²) < 4.78 is 0. The molecule has 0 atom stereocenters. The van der Waals surface area contributed by atoms with Crippen molar-refractivity contribution in [2.24, 2.45) is 0 Å². The SMILES string of the molecule is CCCCCCCCC/C=C/[N]. The van der Waals surface area contributed by atoms with E-state index in [4.69, 9.17) is 5.73 Å². The fourth-order valence-corrected chi connectivity index (χ4v) is 1.29. The maximum atomic E-state index is 8.36. The molecule has 0 amide bonds. The van der Waals surface area contributed by atoms with Gasteiger partial charge in [-0.15, -0.1) is 0 Å². The van der Waals surface area contributed by atoms with Crippen LogP contribution in [-0.4, -0.2) is 0 Å². The van der Waals surface area contributed by atoms with Crippen molar-refractivity contribution in [1.29, 1.82) is 0 Å². The highest BCUT2D eigenvalue weighted by molar-refractivity contribution is 4.74. The molecule has 0 saturated heterocycles. The van der Waals surface area contributed by atoms with Gasteiger partial charge in [0.25, 0.3) is 0 Å². The van der Waals surface area contributed by atoms with Gasteiger partial charge in [0.05, 0.1) is 0 Å². The second-order valence-corrected chi connectivity index (χ2v) is 3.29. The van der Waals surface area contributed by atoms with Gasteiger partial charge in [0.1, 0.15) is 0 Å². The van der Waals surface area contributed by atoms with E-state index in [-0.39, 0.29) is 0 Å². The molecular formula is C11H21N. The van der Waals surface area contributed by atoms with E-state index < -0.39 is 0 Å². The summed E-state index contributed by atoms with van der Waals surface area (Å²) >= 11 is 0. The van der Waals surface area contributed by atoms with Crippen LogP contribution in [0, 0.1) is 0 Å². The first-order chi connectivity index (χ1) is 5.91. The third-order valence-corrected chi connectivity index (χ3v) is 2.08. The Morgan fingerprint density at radius 3 is 2.08 bits per heavy atom. The van der Waals surface area contributed by atoms with E-state index in [1.54, 1.807) is 0 Å². The summed E-state index contributed by atoms with van der Waals surface area (Å²) in [4.78, 5) is 0. The molecule has 0 aromatic rings. The van der Waals surface area contributed by atoms with Crippen LogP contribution in [0.15, 0.2) is 12.3 Å². The number of nitrogens with zero attached hydrogens (tertiary/aromatic N) is 1. The quantitative estimate of drug-likeness (QED) is 0.492. The van der Waals surface area contributed by atoms with Crippen LogP contribution in [0.3, 0.4) is 0 Å². The largest absolute Gasteiger partial charge is 0.160 e. The minimum atomic E-state index is 1.03. The molecule has 1 nitrogen and oxygen atoms in total. The lowest BCUT2D eigenvalue weighted by molar-refractivity contribution is 0.592. The van der Waals surface area contributed by atoms with Crippen LogP contribution in [0.4, 0.5) is 0 Å². The zero-order chi connectivity index (χ0) is 9.07. The molecule has 0 unspecified atom stereocenters. The minimum absolute atomic E-state index is 1.03. The fraction of sp³-hybridized carbons (Fsp3) is 0.818. The highest BCUT2D eigenvalue weighted by atomic mass is 14.5. The molecule has 0 rings (SSSR count). The van der Waals surface area contributed by atoms with Gasteiger partial charge in [0, 0.05) is 6.20 Å². The smallest absolute Gasteiger partial charge is 0.0455 e. The van der Waals surface area contributed by atoms with Crippen molar-refractivity contribution < 1.29 is 0 Å². The Labute approximate surface area is 77.0 Å². The molecule has 0 heterocycles. The Morgan fingerprint density at radius 2 is 1.50 bits per heavy atom. The highest BCUT2D eigenvalue weighted by Crippen LogP contribution is 2.08. The van der Waals surface area contributed by atoms with Crippen molar-refractivity contribution in [3.05, 3.63) is 12.3 Å². The first-order valence-electron chi connectivity index (χ1n) is 5.21. The lowest BCUT2D eigenvalue weighted by Crippen LogP contribution is -1.78. The molecular weight excluding hydrogens is 146 g/mol. The number of rotatable bonds is 8.